The van der Waals surface area contributed by atoms with Crippen molar-refractivity contribution < 1.29 is 17.9 Å². The zero-order valence-corrected chi connectivity index (χ0v) is 13.2. The molecule has 2 unspecified atom stereocenters. The van der Waals surface area contributed by atoms with Crippen molar-refractivity contribution in [2.45, 2.75) is 57.1 Å². The standard InChI is InChI=1S/C14H25NO4S/c1-14(8-3-4-9-14)10-15-20(17,18)12-7-5-6-11(12)13(16)19-2/h11-12,15H,3-10H2,1-2H3. The molecule has 0 amide bonds. The summed E-state index contributed by atoms with van der Waals surface area (Å²) in [6.45, 7) is 2.62. The van der Waals surface area contributed by atoms with Crippen molar-refractivity contribution in [1.82, 2.24) is 4.72 Å². The van der Waals surface area contributed by atoms with Gasteiger partial charge in [-0.25, -0.2) is 13.1 Å². The lowest BCUT2D eigenvalue weighted by molar-refractivity contribution is -0.145. The van der Waals surface area contributed by atoms with E-state index in [9.17, 15) is 13.2 Å². The number of ether oxygens (including phenoxy) is 1. The summed E-state index contributed by atoms with van der Waals surface area (Å²) in [4.78, 5) is 11.7. The molecule has 1 N–H and O–H groups in total. The van der Waals surface area contributed by atoms with Crippen LogP contribution in [0.4, 0.5) is 0 Å². The molecule has 0 heterocycles. The van der Waals surface area contributed by atoms with Crippen molar-refractivity contribution in [1.29, 1.82) is 0 Å². The largest absolute Gasteiger partial charge is 0.469 e. The molecular formula is C14H25NO4S. The average molecular weight is 303 g/mol. The minimum Gasteiger partial charge on any atom is -0.469 e. The van der Waals surface area contributed by atoms with Gasteiger partial charge >= 0.3 is 5.97 Å². The molecule has 0 aliphatic heterocycles. The van der Waals surface area contributed by atoms with Crippen LogP contribution in [0.3, 0.4) is 0 Å². The molecule has 2 atom stereocenters. The minimum absolute atomic E-state index is 0.0758. The molecule has 0 radical (unpaired) electrons. The maximum atomic E-state index is 12.4. The van der Waals surface area contributed by atoms with Crippen molar-refractivity contribution in [2.24, 2.45) is 11.3 Å². The monoisotopic (exact) mass is 303 g/mol. The van der Waals surface area contributed by atoms with Crippen LogP contribution in [0.25, 0.3) is 0 Å². The summed E-state index contributed by atoms with van der Waals surface area (Å²) in [5, 5.41) is -0.625. The van der Waals surface area contributed by atoms with Gasteiger partial charge in [-0.15, -0.1) is 0 Å². The molecule has 0 aromatic rings. The minimum atomic E-state index is -3.44. The Morgan fingerprint density at radius 3 is 2.50 bits per heavy atom. The Bertz CT molecular complexity index is 454. The fourth-order valence-electron chi connectivity index (χ4n) is 3.51. The average Bonchev–Trinajstić information content (AvgIpc) is 3.05. The molecule has 2 saturated carbocycles. The van der Waals surface area contributed by atoms with Gasteiger partial charge in [0.15, 0.2) is 0 Å². The number of hydrogen-bond donors (Lipinski definition) is 1. The lowest BCUT2D eigenvalue weighted by atomic mass is 9.89. The van der Waals surface area contributed by atoms with E-state index in [1.54, 1.807) is 0 Å². The first-order valence-corrected chi connectivity index (χ1v) is 8.99. The van der Waals surface area contributed by atoms with E-state index in [1.807, 2.05) is 0 Å². The van der Waals surface area contributed by atoms with Gasteiger partial charge in [-0.05, 0) is 31.1 Å². The summed E-state index contributed by atoms with van der Waals surface area (Å²) in [5.41, 5.74) is 0.0758. The second-order valence-corrected chi connectivity index (χ2v) is 8.47. The van der Waals surface area contributed by atoms with Crippen LogP contribution in [0.5, 0.6) is 0 Å². The predicted octanol–water partition coefficient (Wildman–Crippen LogP) is 1.83. The van der Waals surface area contributed by atoms with Crippen molar-refractivity contribution in [3.63, 3.8) is 0 Å². The number of carbonyl (C=O) groups excluding carboxylic acids is 1. The van der Waals surface area contributed by atoms with Crippen LogP contribution in [-0.2, 0) is 19.6 Å². The van der Waals surface area contributed by atoms with Crippen LogP contribution >= 0.6 is 0 Å². The Morgan fingerprint density at radius 1 is 1.25 bits per heavy atom. The molecule has 0 aromatic carbocycles. The van der Waals surface area contributed by atoms with Gasteiger partial charge in [-0.1, -0.05) is 26.2 Å². The molecule has 0 bridgehead atoms. The molecule has 2 rings (SSSR count). The third-order valence-electron chi connectivity index (χ3n) is 4.87. The Kier molecular flexibility index (Phi) is 4.74. The smallest absolute Gasteiger partial charge is 0.310 e. The van der Waals surface area contributed by atoms with Crippen LogP contribution in [0.15, 0.2) is 0 Å². The first-order chi connectivity index (χ1) is 9.38. The van der Waals surface area contributed by atoms with Gasteiger partial charge in [0.05, 0.1) is 18.3 Å². The van der Waals surface area contributed by atoms with Gasteiger partial charge in [0, 0.05) is 6.54 Å². The van der Waals surface area contributed by atoms with Gasteiger partial charge in [0.1, 0.15) is 0 Å². The van der Waals surface area contributed by atoms with Crippen LogP contribution < -0.4 is 4.72 Å². The van der Waals surface area contributed by atoms with E-state index in [4.69, 9.17) is 4.74 Å². The summed E-state index contributed by atoms with van der Waals surface area (Å²) >= 11 is 0. The summed E-state index contributed by atoms with van der Waals surface area (Å²) in [6, 6.07) is 0. The van der Waals surface area contributed by atoms with Crippen LogP contribution in [0.1, 0.15) is 51.9 Å². The molecule has 6 heteroatoms. The number of hydrogen-bond acceptors (Lipinski definition) is 4. The second kappa shape index (κ2) is 6.02. The summed E-state index contributed by atoms with van der Waals surface area (Å²) < 4.78 is 32.4. The molecular weight excluding hydrogens is 278 g/mol. The van der Waals surface area contributed by atoms with Crippen LogP contribution in [-0.4, -0.2) is 33.3 Å². The van der Waals surface area contributed by atoms with E-state index in [-0.39, 0.29) is 5.41 Å². The summed E-state index contributed by atoms with van der Waals surface area (Å²) in [5.74, 6) is -0.904. The first-order valence-electron chi connectivity index (χ1n) is 7.44. The van der Waals surface area contributed by atoms with Gasteiger partial charge in [0.25, 0.3) is 0 Å². The van der Waals surface area contributed by atoms with E-state index in [0.29, 0.717) is 19.4 Å². The molecule has 0 saturated heterocycles. The summed E-state index contributed by atoms with van der Waals surface area (Å²) in [6.07, 6.45) is 6.41. The zero-order chi connectivity index (χ0) is 14.8. The molecule has 116 valence electrons. The SMILES string of the molecule is COC(=O)C1CCCC1S(=O)(=O)NCC1(C)CCCC1. The fraction of sp³-hybridized carbons (Fsp3) is 0.929. The maximum absolute atomic E-state index is 12.4. The molecule has 20 heavy (non-hydrogen) atoms. The number of rotatable bonds is 5. The maximum Gasteiger partial charge on any atom is 0.310 e. The lowest BCUT2D eigenvalue weighted by Crippen LogP contribution is -2.43. The van der Waals surface area contributed by atoms with Crippen LogP contribution in [0.2, 0.25) is 0 Å². The molecule has 2 aliphatic carbocycles. The Labute approximate surface area is 121 Å². The molecule has 2 aliphatic rings. The second-order valence-electron chi connectivity index (χ2n) is 6.48. The Morgan fingerprint density at radius 2 is 1.90 bits per heavy atom. The van der Waals surface area contributed by atoms with Crippen molar-refractivity contribution in [3.8, 4) is 0 Å². The molecule has 5 nitrogen and oxygen atoms in total. The Balaban J connectivity index is 2.00. The van der Waals surface area contributed by atoms with Crippen molar-refractivity contribution in [2.75, 3.05) is 13.7 Å². The highest BCUT2D eigenvalue weighted by molar-refractivity contribution is 7.90. The first kappa shape index (κ1) is 15.8. The number of esters is 1. The molecule has 0 aromatic heterocycles. The summed E-state index contributed by atoms with van der Waals surface area (Å²) in [7, 11) is -2.12. The van der Waals surface area contributed by atoms with Crippen molar-refractivity contribution in [3.05, 3.63) is 0 Å². The third kappa shape index (κ3) is 3.34. The van der Waals surface area contributed by atoms with E-state index >= 15 is 0 Å². The molecule has 0 spiro atoms. The highest BCUT2D eigenvalue weighted by Gasteiger charge is 2.43. The number of nitrogens with one attached hydrogen (secondary N) is 1. The highest BCUT2D eigenvalue weighted by Crippen LogP contribution is 2.37. The molecule has 2 fully saturated rings. The number of sulfonamides is 1. The fourth-order valence-corrected chi connectivity index (χ4v) is 5.43. The van der Waals surface area contributed by atoms with Gasteiger partial charge in [-0.3, -0.25) is 4.79 Å². The van der Waals surface area contributed by atoms with E-state index < -0.39 is 27.2 Å². The number of methoxy groups -OCH3 is 1. The van der Waals surface area contributed by atoms with Crippen LogP contribution in [0, 0.1) is 11.3 Å². The predicted molar refractivity (Wildman–Crippen MR) is 76.6 cm³/mol. The lowest BCUT2D eigenvalue weighted by Gasteiger charge is -2.26. The number of carbonyl (C=O) groups is 1. The van der Waals surface area contributed by atoms with Gasteiger partial charge in [0.2, 0.25) is 10.0 Å². The van der Waals surface area contributed by atoms with E-state index in [2.05, 4.69) is 11.6 Å². The van der Waals surface area contributed by atoms with Gasteiger partial charge in [-0.2, -0.15) is 0 Å². The van der Waals surface area contributed by atoms with Gasteiger partial charge < -0.3 is 4.74 Å². The Hall–Kier alpha value is -0.620. The topological polar surface area (TPSA) is 72.5 Å². The van der Waals surface area contributed by atoms with E-state index in [1.165, 1.54) is 20.0 Å². The van der Waals surface area contributed by atoms with E-state index in [0.717, 1.165) is 19.3 Å². The zero-order valence-electron chi connectivity index (χ0n) is 12.4. The van der Waals surface area contributed by atoms with Crippen molar-refractivity contribution >= 4 is 16.0 Å². The third-order valence-corrected chi connectivity index (χ3v) is 6.77. The quantitative estimate of drug-likeness (QED) is 0.786. The normalized spacial score (nSPS) is 29.5. The highest BCUT2D eigenvalue weighted by atomic mass is 32.2.